The Balaban J connectivity index is 4.39. The molecule has 0 aromatic carbocycles. The maximum atomic E-state index is 12.7. The monoisotopic (exact) mass is 771 g/mol. The molecule has 6 nitrogen and oxygen atoms in total. The van der Waals surface area contributed by atoms with Gasteiger partial charge in [-0.05, 0) is 70.6 Å². The standard InChI is InChI=1S/C49H86O6/c1-4-7-10-13-16-19-22-23-24-25-28-30-33-36-39-42-48(51)54-45-46(55-49(52)43-40-37-34-31-27-21-18-15-12-9-6-3)44-53-47(50)41-38-35-32-29-26-20-17-14-11-8-5-2/h7,10,15-16,18-19,23-24,46H,4-6,8-9,11-14,17,20-22,25-45H2,1-3H3/b10-7-,18-15-,19-16-,24-23-/t46-/m0/s1. The van der Waals surface area contributed by atoms with Crippen LogP contribution in [0.5, 0.6) is 0 Å². The van der Waals surface area contributed by atoms with Crippen molar-refractivity contribution in [3.8, 4) is 0 Å². The minimum Gasteiger partial charge on any atom is -0.462 e. The summed E-state index contributed by atoms with van der Waals surface area (Å²) in [7, 11) is 0. The Hall–Kier alpha value is -2.63. The summed E-state index contributed by atoms with van der Waals surface area (Å²) in [6.07, 6.45) is 50.9. The van der Waals surface area contributed by atoms with Crippen molar-refractivity contribution in [1.29, 1.82) is 0 Å². The van der Waals surface area contributed by atoms with Gasteiger partial charge in [-0.15, -0.1) is 0 Å². The van der Waals surface area contributed by atoms with Gasteiger partial charge in [-0.1, -0.05) is 185 Å². The summed E-state index contributed by atoms with van der Waals surface area (Å²) in [5.74, 6) is -0.909. The van der Waals surface area contributed by atoms with Crippen molar-refractivity contribution in [2.45, 2.75) is 232 Å². The molecule has 0 unspecified atom stereocenters. The molecule has 0 saturated carbocycles. The largest absolute Gasteiger partial charge is 0.462 e. The lowest BCUT2D eigenvalue weighted by Gasteiger charge is -2.18. The normalized spacial score (nSPS) is 12.4. The summed E-state index contributed by atoms with van der Waals surface area (Å²) in [4.78, 5) is 37.7. The zero-order valence-electron chi connectivity index (χ0n) is 36.2. The van der Waals surface area contributed by atoms with Gasteiger partial charge in [0.15, 0.2) is 6.10 Å². The third-order valence-corrected chi connectivity index (χ3v) is 9.82. The molecule has 0 bridgehead atoms. The fraction of sp³-hybridized carbons (Fsp3) is 0.776. The highest BCUT2D eigenvalue weighted by atomic mass is 16.6. The molecule has 0 aliphatic carbocycles. The van der Waals surface area contributed by atoms with Crippen LogP contribution in [0.1, 0.15) is 226 Å². The van der Waals surface area contributed by atoms with E-state index in [0.29, 0.717) is 19.3 Å². The highest BCUT2D eigenvalue weighted by Crippen LogP contribution is 2.14. The summed E-state index contributed by atoms with van der Waals surface area (Å²) in [5, 5.41) is 0. The number of hydrogen-bond acceptors (Lipinski definition) is 6. The first-order valence-corrected chi connectivity index (χ1v) is 23.1. The topological polar surface area (TPSA) is 78.9 Å². The highest BCUT2D eigenvalue weighted by Gasteiger charge is 2.19. The molecule has 55 heavy (non-hydrogen) atoms. The summed E-state index contributed by atoms with van der Waals surface area (Å²) < 4.78 is 16.7. The van der Waals surface area contributed by atoms with Crippen LogP contribution in [0.25, 0.3) is 0 Å². The third-order valence-electron chi connectivity index (χ3n) is 9.82. The van der Waals surface area contributed by atoms with Crippen LogP contribution in [-0.4, -0.2) is 37.2 Å². The van der Waals surface area contributed by atoms with Crippen LogP contribution in [0, 0.1) is 0 Å². The molecule has 318 valence electrons. The summed E-state index contributed by atoms with van der Waals surface area (Å²) in [6.45, 7) is 6.45. The van der Waals surface area contributed by atoms with Gasteiger partial charge in [0.05, 0.1) is 0 Å². The van der Waals surface area contributed by atoms with Crippen molar-refractivity contribution < 1.29 is 28.6 Å². The van der Waals surface area contributed by atoms with Gasteiger partial charge in [-0.2, -0.15) is 0 Å². The molecule has 0 N–H and O–H groups in total. The third kappa shape index (κ3) is 42.4. The number of rotatable bonds is 41. The van der Waals surface area contributed by atoms with Crippen LogP contribution in [-0.2, 0) is 28.6 Å². The molecule has 0 heterocycles. The van der Waals surface area contributed by atoms with Gasteiger partial charge in [-0.3, -0.25) is 14.4 Å². The Labute approximate surface area is 339 Å². The molecule has 0 fully saturated rings. The van der Waals surface area contributed by atoms with Crippen LogP contribution in [0.4, 0.5) is 0 Å². The Morgan fingerprint density at radius 1 is 0.382 bits per heavy atom. The lowest BCUT2D eigenvalue weighted by molar-refractivity contribution is -0.167. The zero-order chi connectivity index (χ0) is 40.1. The predicted octanol–water partition coefficient (Wildman–Crippen LogP) is 14.8. The number of hydrogen-bond donors (Lipinski definition) is 0. The van der Waals surface area contributed by atoms with E-state index in [4.69, 9.17) is 14.2 Å². The number of carbonyl (C=O) groups is 3. The number of allylic oxidation sites excluding steroid dienone is 8. The summed E-state index contributed by atoms with van der Waals surface area (Å²) in [6, 6.07) is 0. The molecular weight excluding hydrogens is 685 g/mol. The summed E-state index contributed by atoms with van der Waals surface area (Å²) >= 11 is 0. The number of ether oxygens (including phenoxy) is 3. The predicted molar refractivity (Wildman–Crippen MR) is 233 cm³/mol. The minimum atomic E-state index is -0.779. The van der Waals surface area contributed by atoms with Crippen LogP contribution < -0.4 is 0 Å². The Morgan fingerprint density at radius 2 is 0.727 bits per heavy atom. The van der Waals surface area contributed by atoms with E-state index >= 15 is 0 Å². The first-order valence-electron chi connectivity index (χ1n) is 23.1. The van der Waals surface area contributed by atoms with E-state index in [1.54, 1.807) is 0 Å². The average Bonchev–Trinajstić information content (AvgIpc) is 3.18. The van der Waals surface area contributed by atoms with E-state index in [1.165, 1.54) is 77.0 Å². The second-order valence-electron chi connectivity index (χ2n) is 15.3. The van der Waals surface area contributed by atoms with E-state index in [-0.39, 0.29) is 31.1 Å². The maximum absolute atomic E-state index is 12.7. The van der Waals surface area contributed by atoms with Crippen molar-refractivity contribution in [3.05, 3.63) is 48.6 Å². The molecule has 0 aromatic heterocycles. The van der Waals surface area contributed by atoms with Gasteiger partial charge < -0.3 is 14.2 Å². The van der Waals surface area contributed by atoms with Crippen molar-refractivity contribution in [3.63, 3.8) is 0 Å². The Morgan fingerprint density at radius 3 is 1.18 bits per heavy atom. The molecule has 0 aromatic rings. The fourth-order valence-corrected chi connectivity index (χ4v) is 6.32. The van der Waals surface area contributed by atoms with E-state index < -0.39 is 6.10 Å². The second-order valence-corrected chi connectivity index (χ2v) is 15.3. The van der Waals surface area contributed by atoms with Crippen LogP contribution >= 0.6 is 0 Å². The molecule has 1 atom stereocenters. The molecule has 0 aliphatic rings. The van der Waals surface area contributed by atoms with E-state index in [2.05, 4.69) is 69.4 Å². The van der Waals surface area contributed by atoms with Crippen molar-refractivity contribution in [1.82, 2.24) is 0 Å². The van der Waals surface area contributed by atoms with Gasteiger partial charge in [0.25, 0.3) is 0 Å². The smallest absolute Gasteiger partial charge is 0.306 e. The Bertz CT molecular complexity index is 980. The minimum absolute atomic E-state index is 0.0807. The quantitative estimate of drug-likeness (QED) is 0.0267. The number of unbranched alkanes of at least 4 members (excludes halogenated alkanes) is 22. The van der Waals surface area contributed by atoms with Crippen molar-refractivity contribution >= 4 is 17.9 Å². The highest BCUT2D eigenvalue weighted by molar-refractivity contribution is 5.71. The fourth-order valence-electron chi connectivity index (χ4n) is 6.32. The molecule has 0 spiro atoms. The molecule has 6 heteroatoms. The molecule has 0 radical (unpaired) electrons. The van der Waals surface area contributed by atoms with Gasteiger partial charge >= 0.3 is 17.9 Å². The second kappa shape index (κ2) is 44.1. The van der Waals surface area contributed by atoms with E-state index in [1.807, 2.05) is 0 Å². The zero-order valence-corrected chi connectivity index (χ0v) is 36.2. The molecule has 0 rings (SSSR count). The first-order chi connectivity index (χ1) is 27.0. The first kappa shape index (κ1) is 52.4. The molecule has 0 aliphatic heterocycles. The number of carbonyl (C=O) groups excluding carboxylic acids is 3. The van der Waals surface area contributed by atoms with Gasteiger partial charge in [0, 0.05) is 19.3 Å². The van der Waals surface area contributed by atoms with E-state index in [0.717, 1.165) is 109 Å². The average molecular weight is 771 g/mol. The lowest BCUT2D eigenvalue weighted by atomic mass is 10.1. The van der Waals surface area contributed by atoms with E-state index in [9.17, 15) is 14.4 Å². The van der Waals surface area contributed by atoms with Gasteiger partial charge in [0.1, 0.15) is 13.2 Å². The SMILES string of the molecule is CC/C=C\C/C=C\C/C=C\CCCCCCCC(=O)OC[C@H](COC(=O)CCCCCCCCCCCCC)OC(=O)CCCCCCC/C=C\CCCC. The van der Waals surface area contributed by atoms with Crippen LogP contribution in [0.15, 0.2) is 48.6 Å². The Kier molecular flexibility index (Phi) is 42.0. The molecular formula is C49H86O6. The molecule has 0 saturated heterocycles. The van der Waals surface area contributed by atoms with Crippen molar-refractivity contribution in [2.75, 3.05) is 13.2 Å². The van der Waals surface area contributed by atoms with Crippen molar-refractivity contribution in [2.24, 2.45) is 0 Å². The van der Waals surface area contributed by atoms with Gasteiger partial charge in [0.2, 0.25) is 0 Å². The van der Waals surface area contributed by atoms with Crippen LogP contribution in [0.2, 0.25) is 0 Å². The lowest BCUT2D eigenvalue weighted by Crippen LogP contribution is -2.30. The number of esters is 3. The van der Waals surface area contributed by atoms with Crippen LogP contribution in [0.3, 0.4) is 0 Å². The maximum Gasteiger partial charge on any atom is 0.306 e. The molecule has 0 amide bonds. The van der Waals surface area contributed by atoms with Gasteiger partial charge in [-0.25, -0.2) is 0 Å². The summed E-state index contributed by atoms with van der Waals surface area (Å²) in [5.41, 5.74) is 0.